The van der Waals surface area contributed by atoms with Crippen LogP contribution in [-0.2, 0) is 0 Å². The first-order valence-electron chi connectivity index (χ1n) is 4.99. The molecule has 2 rings (SSSR count). The van der Waals surface area contributed by atoms with Crippen LogP contribution in [0.3, 0.4) is 0 Å². The van der Waals surface area contributed by atoms with Crippen molar-refractivity contribution in [1.82, 2.24) is 0 Å². The van der Waals surface area contributed by atoms with Gasteiger partial charge in [-0.3, -0.25) is 0 Å². The van der Waals surface area contributed by atoms with Gasteiger partial charge in [0.1, 0.15) is 5.75 Å². The second-order valence-electron chi connectivity index (χ2n) is 3.47. The Kier molecular flexibility index (Phi) is 4.27. The van der Waals surface area contributed by atoms with E-state index in [0.29, 0.717) is 25.8 Å². The zero-order chi connectivity index (χ0) is 13.1. The van der Waals surface area contributed by atoms with Crippen molar-refractivity contribution in [2.75, 3.05) is 0 Å². The summed E-state index contributed by atoms with van der Waals surface area (Å²) in [4.78, 5) is 11.9. The summed E-state index contributed by atoms with van der Waals surface area (Å²) in [5.41, 5.74) is 0.393. The molecular weight excluding hydrogens is 339 g/mol. The van der Waals surface area contributed by atoms with Crippen molar-refractivity contribution in [3.05, 3.63) is 62.5 Å². The minimum absolute atomic E-state index is 0.393. The molecule has 0 saturated heterocycles. The molecule has 18 heavy (non-hydrogen) atoms. The van der Waals surface area contributed by atoms with Crippen LogP contribution in [0.4, 0.5) is 0 Å². The Bertz CT molecular complexity index is 599. The lowest BCUT2D eigenvalue weighted by Crippen LogP contribution is -2.08. The van der Waals surface area contributed by atoms with Crippen LogP contribution in [0.15, 0.2) is 46.9 Å². The summed E-state index contributed by atoms with van der Waals surface area (Å²) >= 11 is 14.9. The number of hydrogen-bond acceptors (Lipinski definition) is 2. The van der Waals surface area contributed by atoms with Crippen LogP contribution in [0, 0.1) is 0 Å². The molecule has 2 aromatic rings. The van der Waals surface area contributed by atoms with E-state index in [1.807, 2.05) is 0 Å². The molecule has 2 aromatic carbocycles. The fraction of sp³-hybridized carbons (Fsp3) is 0. The lowest BCUT2D eigenvalue weighted by atomic mass is 10.2. The fourth-order valence-corrected chi connectivity index (χ4v) is 2.29. The molecule has 92 valence electrons. The quantitative estimate of drug-likeness (QED) is 0.567. The van der Waals surface area contributed by atoms with Gasteiger partial charge in [-0.15, -0.1) is 0 Å². The zero-order valence-electron chi connectivity index (χ0n) is 8.99. The van der Waals surface area contributed by atoms with Gasteiger partial charge in [0, 0.05) is 10.0 Å². The Labute approximate surface area is 123 Å². The topological polar surface area (TPSA) is 26.3 Å². The third-order valence-corrected chi connectivity index (χ3v) is 3.25. The molecule has 2 nitrogen and oxygen atoms in total. The second-order valence-corrected chi connectivity index (χ2v) is 5.20. The van der Waals surface area contributed by atoms with Crippen LogP contribution in [0.1, 0.15) is 10.4 Å². The van der Waals surface area contributed by atoms with E-state index in [-0.39, 0.29) is 0 Å². The average Bonchev–Trinajstić information content (AvgIpc) is 2.32. The van der Waals surface area contributed by atoms with Crippen LogP contribution in [0.2, 0.25) is 10.0 Å². The lowest BCUT2D eigenvalue weighted by molar-refractivity contribution is 0.0733. The van der Waals surface area contributed by atoms with Crippen molar-refractivity contribution in [3.8, 4) is 5.75 Å². The summed E-state index contributed by atoms with van der Waals surface area (Å²) in [6.45, 7) is 0. The minimum atomic E-state index is -0.472. The third-order valence-electron chi connectivity index (χ3n) is 2.16. The van der Waals surface area contributed by atoms with E-state index < -0.39 is 5.97 Å². The van der Waals surface area contributed by atoms with Crippen LogP contribution in [0.25, 0.3) is 0 Å². The average molecular weight is 346 g/mol. The molecule has 0 aromatic heterocycles. The Balaban J connectivity index is 2.21. The Morgan fingerprint density at radius 3 is 2.44 bits per heavy atom. The normalized spacial score (nSPS) is 10.2. The van der Waals surface area contributed by atoms with Gasteiger partial charge >= 0.3 is 5.97 Å². The minimum Gasteiger partial charge on any atom is -0.422 e. The van der Waals surface area contributed by atoms with Gasteiger partial charge in [-0.2, -0.15) is 0 Å². The van der Waals surface area contributed by atoms with Crippen LogP contribution >= 0.6 is 39.1 Å². The molecule has 0 N–H and O–H groups in total. The number of esters is 1. The maximum atomic E-state index is 11.9. The lowest BCUT2D eigenvalue weighted by Gasteiger charge is -2.06. The molecule has 5 heteroatoms. The summed E-state index contributed by atoms with van der Waals surface area (Å²) < 4.78 is 5.85. The predicted octanol–water partition coefficient (Wildman–Crippen LogP) is 4.98. The number of carbonyl (C=O) groups excluding carboxylic acids is 1. The van der Waals surface area contributed by atoms with Gasteiger partial charge in [-0.1, -0.05) is 29.3 Å². The highest BCUT2D eigenvalue weighted by atomic mass is 79.9. The number of rotatable bonds is 2. The summed E-state index contributed by atoms with van der Waals surface area (Å²) in [5.74, 6) is -0.0649. The summed E-state index contributed by atoms with van der Waals surface area (Å²) in [6, 6.07) is 11.5. The zero-order valence-corrected chi connectivity index (χ0v) is 12.1. The Morgan fingerprint density at radius 1 is 1.06 bits per heavy atom. The second kappa shape index (κ2) is 5.74. The summed E-state index contributed by atoms with van der Waals surface area (Å²) in [5, 5.41) is 1.05. The predicted molar refractivity (Wildman–Crippen MR) is 75.6 cm³/mol. The van der Waals surface area contributed by atoms with Crippen molar-refractivity contribution in [2.24, 2.45) is 0 Å². The standard InChI is InChI=1S/C13H7BrCl2O2/c14-11-7-10(16)4-5-12(11)18-13(17)8-2-1-3-9(15)6-8/h1-7H. The molecule has 0 saturated carbocycles. The highest BCUT2D eigenvalue weighted by Crippen LogP contribution is 2.28. The van der Waals surface area contributed by atoms with Crippen molar-refractivity contribution in [3.63, 3.8) is 0 Å². The van der Waals surface area contributed by atoms with E-state index >= 15 is 0 Å². The number of halogens is 3. The van der Waals surface area contributed by atoms with Gasteiger partial charge < -0.3 is 4.74 Å². The van der Waals surface area contributed by atoms with E-state index in [9.17, 15) is 4.79 Å². The molecule has 0 heterocycles. The molecule has 0 bridgehead atoms. The maximum Gasteiger partial charge on any atom is 0.343 e. The van der Waals surface area contributed by atoms with E-state index in [1.54, 1.807) is 42.5 Å². The fourth-order valence-electron chi connectivity index (χ4n) is 1.33. The Morgan fingerprint density at radius 2 is 1.78 bits per heavy atom. The first-order valence-corrected chi connectivity index (χ1v) is 6.54. The van der Waals surface area contributed by atoms with E-state index in [2.05, 4.69) is 15.9 Å². The Hall–Kier alpha value is -1.03. The van der Waals surface area contributed by atoms with Gasteiger partial charge in [0.25, 0.3) is 0 Å². The van der Waals surface area contributed by atoms with Crippen LogP contribution in [-0.4, -0.2) is 5.97 Å². The first-order chi connectivity index (χ1) is 8.56. The summed E-state index contributed by atoms with van der Waals surface area (Å²) in [7, 11) is 0. The van der Waals surface area contributed by atoms with E-state index in [4.69, 9.17) is 27.9 Å². The van der Waals surface area contributed by atoms with E-state index in [1.165, 1.54) is 0 Å². The molecule has 0 atom stereocenters. The molecule has 0 fully saturated rings. The van der Waals surface area contributed by atoms with Crippen molar-refractivity contribution in [2.45, 2.75) is 0 Å². The molecule has 0 aliphatic carbocycles. The van der Waals surface area contributed by atoms with E-state index in [0.717, 1.165) is 0 Å². The number of ether oxygens (including phenoxy) is 1. The van der Waals surface area contributed by atoms with Crippen molar-refractivity contribution < 1.29 is 9.53 Å². The highest BCUT2D eigenvalue weighted by Gasteiger charge is 2.11. The SMILES string of the molecule is O=C(Oc1ccc(Cl)cc1Br)c1cccc(Cl)c1. The number of hydrogen-bond donors (Lipinski definition) is 0. The van der Waals surface area contributed by atoms with Crippen LogP contribution < -0.4 is 4.74 Å². The summed E-state index contributed by atoms with van der Waals surface area (Å²) in [6.07, 6.45) is 0. The highest BCUT2D eigenvalue weighted by molar-refractivity contribution is 9.10. The number of carbonyl (C=O) groups is 1. The van der Waals surface area contributed by atoms with Gasteiger partial charge in [0.2, 0.25) is 0 Å². The van der Waals surface area contributed by atoms with Gasteiger partial charge in [0.15, 0.2) is 0 Å². The molecule has 0 radical (unpaired) electrons. The molecule has 0 unspecified atom stereocenters. The molecule has 0 amide bonds. The molecule has 0 spiro atoms. The van der Waals surface area contributed by atoms with Crippen molar-refractivity contribution >= 4 is 45.1 Å². The third kappa shape index (κ3) is 3.25. The monoisotopic (exact) mass is 344 g/mol. The molecule has 0 aliphatic heterocycles. The van der Waals surface area contributed by atoms with Crippen molar-refractivity contribution in [1.29, 1.82) is 0 Å². The van der Waals surface area contributed by atoms with Gasteiger partial charge in [-0.05, 0) is 52.3 Å². The largest absolute Gasteiger partial charge is 0.422 e. The van der Waals surface area contributed by atoms with Crippen LogP contribution in [0.5, 0.6) is 5.75 Å². The molecule has 0 aliphatic rings. The first kappa shape index (κ1) is 13.4. The number of benzene rings is 2. The van der Waals surface area contributed by atoms with Gasteiger partial charge in [-0.25, -0.2) is 4.79 Å². The maximum absolute atomic E-state index is 11.9. The smallest absolute Gasteiger partial charge is 0.343 e. The molecular formula is C13H7BrCl2O2. The van der Waals surface area contributed by atoms with Gasteiger partial charge in [0.05, 0.1) is 10.0 Å².